The number of non-ortho nitro benzene ring substituents is 1. The van der Waals surface area contributed by atoms with Crippen molar-refractivity contribution in [2.75, 3.05) is 6.54 Å². The first kappa shape index (κ1) is 18.4. The molecule has 0 fully saturated rings. The van der Waals surface area contributed by atoms with Gasteiger partial charge in [-0.15, -0.1) is 0 Å². The summed E-state index contributed by atoms with van der Waals surface area (Å²) in [5.74, 6) is -0.0342. The molecule has 10 heteroatoms. The molecule has 0 aliphatic heterocycles. The number of phenolic OH excluding ortho intramolecular Hbond substituents is 1. The van der Waals surface area contributed by atoms with Gasteiger partial charge in [0, 0.05) is 25.2 Å². The molecule has 0 saturated heterocycles. The van der Waals surface area contributed by atoms with Gasteiger partial charge in [-0.05, 0) is 23.6 Å². The van der Waals surface area contributed by atoms with Gasteiger partial charge in [-0.25, -0.2) is 4.79 Å². The fourth-order valence-corrected chi connectivity index (χ4v) is 3.61. The number of nitro groups is 1. The summed E-state index contributed by atoms with van der Waals surface area (Å²) in [6.45, 7) is 0.246. The number of phenols is 1. The first-order valence-corrected chi connectivity index (χ1v) is 8.71. The number of rotatable bonds is 6. The average Bonchev–Trinajstić information content (AvgIpc) is 3.02. The molecular formula is C17H15N3O6S. The number of hydrogen-bond acceptors (Lipinski definition) is 6. The number of fused-ring (bicyclic) bond motifs is 1. The molecule has 3 N–H and O–H groups in total. The van der Waals surface area contributed by atoms with Crippen LogP contribution in [0.1, 0.15) is 11.1 Å². The molecule has 3 rings (SSSR count). The second-order valence-electron chi connectivity index (χ2n) is 5.84. The van der Waals surface area contributed by atoms with E-state index in [1.54, 1.807) is 6.07 Å². The van der Waals surface area contributed by atoms with Crippen molar-refractivity contribution in [3.05, 3.63) is 67.3 Å². The van der Waals surface area contributed by atoms with Crippen molar-refractivity contribution in [2.24, 2.45) is 0 Å². The zero-order chi connectivity index (χ0) is 19.6. The van der Waals surface area contributed by atoms with Crippen LogP contribution in [0.25, 0.3) is 10.2 Å². The molecule has 0 spiro atoms. The molecule has 0 saturated carbocycles. The molecule has 0 bridgehead atoms. The predicted octanol–water partition coefficient (Wildman–Crippen LogP) is 2.93. The topological polar surface area (TPSA) is 137 Å². The van der Waals surface area contributed by atoms with Crippen LogP contribution in [-0.2, 0) is 13.0 Å². The standard InChI is InChI=1S/C17H15N3O6S/c21-13-6-3-11(15-14(13)18-16(22)27-15)7-8-19(17(23)24)9-10-1-4-12(5-2-10)20(25)26/h1-6,21H,7-9H2,(H,18,22)(H,23,24). The van der Waals surface area contributed by atoms with Crippen molar-refractivity contribution in [1.82, 2.24) is 9.88 Å². The highest BCUT2D eigenvalue weighted by Gasteiger charge is 2.16. The van der Waals surface area contributed by atoms with Crippen LogP contribution in [0.5, 0.6) is 5.75 Å². The number of carboxylic acid groups (broad SMARTS) is 1. The van der Waals surface area contributed by atoms with E-state index in [1.807, 2.05) is 0 Å². The molecule has 1 aromatic heterocycles. The first-order valence-electron chi connectivity index (χ1n) is 7.90. The molecule has 0 aliphatic carbocycles. The summed E-state index contributed by atoms with van der Waals surface area (Å²) in [6.07, 6.45) is -0.769. The maximum atomic E-state index is 11.6. The van der Waals surface area contributed by atoms with Crippen LogP contribution in [0.2, 0.25) is 0 Å². The van der Waals surface area contributed by atoms with E-state index in [4.69, 9.17) is 0 Å². The molecule has 9 nitrogen and oxygen atoms in total. The number of H-pyrrole nitrogens is 1. The molecule has 0 aliphatic rings. The lowest BCUT2D eigenvalue weighted by Crippen LogP contribution is -2.31. The summed E-state index contributed by atoms with van der Waals surface area (Å²) in [7, 11) is 0. The van der Waals surface area contributed by atoms with Crippen LogP contribution in [-0.4, -0.2) is 37.7 Å². The second-order valence-corrected chi connectivity index (χ2v) is 6.82. The molecule has 3 aromatic rings. The molecule has 0 radical (unpaired) electrons. The lowest BCUT2D eigenvalue weighted by atomic mass is 10.1. The number of aromatic amines is 1. The van der Waals surface area contributed by atoms with Gasteiger partial charge in [0.1, 0.15) is 11.3 Å². The third kappa shape index (κ3) is 4.06. The van der Waals surface area contributed by atoms with E-state index in [-0.39, 0.29) is 29.4 Å². The number of thiazole rings is 1. The Labute approximate surface area is 156 Å². The number of hydrogen-bond donors (Lipinski definition) is 3. The molecule has 1 heterocycles. The maximum Gasteiger partial charge on any atom is 0.407 e. The first-order chi connectivity index (χ1) is 12.8. The van der Waals surface area contributed by atoms with E-state index in [0.29, 0.717) is 22.2 Å². The lowest BCUT2D eigenvalue weighted by Gasteiger charge is -2.19. The molecule has 2 aromatic carbocycles. The number of nitro benzene ring substituents is 1. The Hall–Kier alpha value is -3.40. The summed E-state index contributed by atoms with van der Waals surface area (Å²) >= 11 is 0.960. The summed E-state index contributed by atoms with van der Waals surface area (Å²) in [6, 6.07) is 8.82. The fourth-order valence-electron chi connectivity index (χ4n) is 2.71. The Kier molecular flexibility index (Phi) is 5.08. The summed E-state index contributed by atoms with van der Waals surface area (Å²) in [5.41, 5.74) is 1.67. The third-order valence-electron chi connectivity index (χ3n) is 4.08. The van der Waals surface area contributed by atoms with E-state index in [0.717, 1.165) is 16.9 Å². The summed E-state index contributed by atoms with van der Waals surface area (Å²) in [4.78, 5) is 36.7. The van der Waals surface area contributed by atoms with Crippen molar-refractivity contribution in [3.63, 3.8) is 0 Å². The molecular weight excluding hydrogens is 374 g/mol. The van der Waals surface area contributed by atoms with Crippen molar-refractivity contribution in [3.8, 4) is 5.75 Å². The van der Waals surface area contributed by atoms with Gasteiger partial charge < -0.3 is 20.1 Å². The van der Waals surface area contributed by atoms with Crippen LogP contribution in [0.15, 0.2) is 41.2 Å². The summed E-state index contributed by atoms with van der Waals surface area (Å²) < 4.78 is 0.598. The predicted molar refractivity (Wildman–Crippen MR) is 99.3 cm³/mol. The highest BCUT2D eigenvalue weighted by atomic mass is 32.1. The number of carbonyl (C=O) groups is 1. The van der Waals surface area contributed by atoms with E-state index < -0.39 is 11.0 Å². The Morgan fingerprint density at radius 1 is 1.22 bits per heavy atom. The smallest absolute Gasteiger partial charge is 0.407 e. The number of nitrogens with zero attached hydrogens (tertiary/aromatic N) is 2. The molecule has 0 atom stereocenters. The van der Waals surface area contributed by atoms with Crippen molar-refractivity contribution in [1.29, 1.82) is 0 Å². The van der Waals surface area contributed by atoms with Crippen LogP contribution in [0.3, 0.4) is 0 Å². The number of amides is 1. The van der Waals surface area contributed by atoms with Gasteiger partial charge in [-0.1, -0.05) is 29.5 Å². The van der Waals surface area contributed by atoms with Gasteiger partial charge in [-0.3, -0.25) is 14.9 Å². The summed E-state index contributed by atoms with van der Waals surface area (Å²) in [5, 5.41) is 30.0. The minimum absolute atomic E-state index is 0.0342. The van der Waals surface area contributed by atoms with Gasteiger partial charge in [0.05, 0.1) is 9.62 Å². The van der Waals surface area contributed by atoms with Gasteiger partial charge in [0.25, 0.3) is 5.69 Å². The van der Waals surface area contributed by atoms with Gasteiger partial charge in [0.15, 0.2) is 0 Å². The Morgan fingerprint density at radius 3 is 2.56 bits per heavy atom. The maximum absolute atomic E-state index is 11.6. The minimum atomic E-state index is -1.12. The molecule has 140 valence electrons. The Bertz CT molecular complexity index is 1060. The van der Waals surface area contributed by atoms with Crippen molar-refractivity contribution < 1.29 is 19.9 Å². The molecule has 0 unspecified atom stereocenters. The van der Waals surface area contributed by atoms with E-state index in [2.05, 4.69) is 4.98 Å². The second kappa shape index (κ2) is 7.46. The van der Waals surface area contributed by atoms with E-state index in [9.17, 15) is 29.9 Å². The fraction of sp³-hybridized carbons (Fsp3) is 0.176. The largest absolute Gasteiger partial charge is 0.506 e. The lowest BCUT2D eigenvalue weighted by molar-refractivity contribution is -0.384. The quantitative estimate of drug-likeness (QED) is 0.438. The zero-order valence-corrected chi connectivity index (χ0v) is 14.7. The average molecular weight is 389 g/mol. The Morgan fingerprint density at radius 2 is 1.93 bits per heavy atom. The number of benzene rings is 2. The molecule has 1 amide bonds. The highest BCUT2D eigenvalue weighted by molar-refractivity contribution is 7.16. The minimum Gasteiger partial charge on any atom is -0.506 e. The van der Waals surface area contributed by atoms with Crippen molar-refractivity contribution in [2.45, 2.75) is 13.0 Å². The number of aromatic hydroxyl groups is 1. The number of nitrogens with one attached hydrogen (secondary N) is 1. The van der Waals surface area contributed by atoms with Gasteiger partial charge in [-0.2, -0.15) is 0 Å². The van der Waals surface area contributed by atoms with Gasteiger partial charge >= 0.3 is 11.0 Å². The monoisotopic (exact) mass is 389 g/mol. The van der Waals surface area contributed by atoms with E-state index in [1.165, 1.54) is 35.2 Å². The van der Waals surface area contributed by atoms with Crippen LogP contribution >= 0.6 is 11.3 Å². The Balaban J connectivity index is 1.76. The highest BCUT2D eigenvalue weighted by Crippen LogP contribution is 2.28. The van der Waals surface area contributed by atoms with Crippen LogP contribution in [0, 0.1) is 10.1 Å². The SMILES string of the molecule is O=C(O)N(CCc1ccc(O)c2[nH]c(=O)sc12)Cc1ccc([N+](=O)[O-])cc1. The van der Waals surface area contributed by atoms with Crippen molar-refractivity contribution >= 4 is 33.3 Å². The normalized spacial score (nSPS) is 10.8. The van der Waals surface area contributed by atoms with E-state index >= 15 is 0 Å². The molecule has 27 heavy (non-hydrogen) atoms. The number of aromatic nitrogens is 1. The van der Waals surface area contributed by atoms with Crippen LogP contribution in [0.4, 0.5) is 10.5 Å². The van der Waals surface area contributed by atoms with Crippen LogP contribution < -0.4 is 4.87 Å². The third-order valence-corrected chi connectivity index (χ3v) is 5.04. The zero-order valence-electron chi connectivity index (χ0n) is 13.9. The van der Waals surface area contributed by atoms with Gasteiger partial charge in [0.2, 0.25) is 0 Å².